The van der Waals surface area contributed by atoms with Crippen LogP contribution in [0.15, 0.2) is 0 Å². The first kappa shape index (κ1) is 29.4. The van der Waals surface area contributed by atoms with E-state index in [-0.39, 0.29) is 6.42 Å². The number of unbranched alkanes of at least 4 members (excludes halogenated alkanes) is 14. The molecular weight excluding hydrogens is 374 g/mol. The molecule has 0 saturated heterocycles. The van der Waals surface area contributed by atoms with Crippen molar-refractivity contribution in [1.29, 1.82) is 0 Å². The van der Waals surface area contributed by atoms with Crippen LogP contribution in [0.3, 0.4) is 0 Å². The van der Waals surface area contributed by atoms with Crippen LogP contribution in [0.4, 0.5) is 0 Å². The number of aliphatic hydroxyl groups is 1. The van der Waals surface area contributed by atoms with Gasteiger partial charge in [-0.2, -0.15) is 0 Å². The number of carboxylic acid groups (broad SMARTS) is 1. The fraction of sp³-hybridized carbons (Fsp3) is 0.962. The van der Waals surface area contributed by atoms with Crippen LogP contribution >= 0.6 is 0 Å². The number of hydrogen-bond acceptors (Lipinski definition) is 3. The van der Waals surface area contributed by atoms with Crippen LogP contribution in [0.2, 0.25) is 0 Å². The molecular formula is C26H53NO3. The van der Waals surface area contributed by atoms with E-state index in [1.54, 1.807) is 0 Å². The van der Waals surface area contributed by atoms with Crippen LogP contribution in [0.25, 0.3) is 0 Å². The van der Waals surface area contributed by atoms with Gasteiger partial charge in [-0.3, -0.25) is 4.79 Å². The maximum atomic E-state index is 10.7. The lowest BCUT2D eigenvalue weighted by Gasteiger charge is -2.20. The minimum Gasteiger partial charge on any atom is -0.481 e. The minimum absolute atomic E-state index is 0.150. The molecule has 30 heavy (non-hydrogen) atoms. The van der Waals surface area contributed by atoms with E-state index < -0.39 is 12.1 Å². The van der Waals surface area contributed by atoms with Crippen molar-refractivity contribution >= 4 is 5.97 Å². The van der Waals surface area contributed by atoms with Crippen molar-refractivity contribution < 1.29 is 15.0 Å². The van der Waals surface area contributed by atoms with E-state index in [1.165, 1.54) is 116 Å². The van der Waals surface area contributed by atoms with Gasteiger partial charge in [0.2, 0.25) is 0 Å². The third-order valence-electron chi connectivity index (χ3n) is 6.13. The quantitative estimate of drug-likeness (QED) is 0.142. The lowest BCUT2D eigenvalue weighted by Crippen LogP contribution is -2.32. The van der Waals surface area contributed by atoms with Gasteiger partial charge in [0.1, 0.15) is 0 Å². The Morgan fingerprint density at radius 1 is 0.667 bits per heavy atom. The average Bonchev–Trinajstić information content (AvgIpc) is 2.70. The van der Waals surface area contributed by atoms with Gasteiger partial charge >= 0.3 is 5.97 Å². The summed E-state index contributed by atoms with van der Waals surface area (Å²) in [6.45, 7) is 5.24. The summed E-state index contributed by atoms with van der Waals surface area (Å²) in [5.74, 6) is -0.920. The molecule has 0 rings (SSSR count). The highest BCUT2D eigenvalue weighted by molar-refractivity contribution is 5.67. The van der Waals surface area contributed by atoms with Gasteiger partial charge in [0.25, 0.3) is 0 Å². The summed E-state index contributed by atoms with van der Waals surface area (Å²) in [6.07, 6.45) is 23.6. The summed E-state index contributed by atoms with van der Waals surface area (Å²) >= 11 is 0. The molecule has 0 spiro atoms. The third-order valence-corrected chi connectivity index (χ3v) is 6.13. The van der Waals surface area contributed by atoms with E-state index >= 15 is 0 Å². The number of hydrogen-bond donors (Lipinski definition) is 3. The average molecular weight is 428 g/mol. The van der Waals surface area contributed by atoms with Gasteiger partial charge in [0, 0.05) is 6.04 Å². The van der Waals surface area contributed by atoms with Crippen LogP contribution in [0, 0.1) is 0 Å². The molecule has 0 aliphatic heterocycles. The number of aliphatic hydroxyl groups excluding tert-OH is 1. The van der Waals surface area contributed by atoms with Gasteiger partial charge in [-0.1, -0.05) is 117 Å². The third kappa shape index (κ3) is 22.1. The van der Waals surface area contributed by atoms with Gasteiger partial charge in [-0.15, -0.1) is 0 Å². The van der Waals surface area contributed by atoms with E-state index in [4.69, 9.17) is 5.11 Å². The maximum Gasteiger partial charge on any atom is 0.305 e. The Morgan fingerprint density at radius 2 is 1.07 bits per heavy atom. The summed E-state index contributed by atoms with van der Waals surface area (Å²) < 4.78 is 0. The molecule has 180 valence electrons. The molecule has 1 atom stereocenters. The molecule has 0 amide bonds. The maximum absolute atomic E-state index is 10.7. The number of rotatable bonds is 24. The topological polar surface area (TPSA) is 69.6 Å². The molecule has 3 N–H and O–H groups in total. The Bertz CT molecular complexity index is 342. The van der Waals surface area contributed by atoms with Crippen LogP contribution in [-0.4, -0.2) is 34.9 Å². The molecule has 0 aromatic carbocycles. The summed E-state index contributed by atoms with van der Waals surface area (Å²) in [5.41, 5.74) is 0. The minimum atomic E-state index is -0.920. The van der Waals surface area contributed by atoms with Gasteiger partial charge in [0.15, 0.2) is 0 Å². The zero-order chi connectivity index (χ0) is 22.3. The van der Waals surface area contributed by atoms with Gasteiger partial charge in [-0.05, 0) is 25.8 Å². The summed E-state index contributed by atoms with van der Waals surface area (Å²) in [5, 5.41) is 22.2. The monoisotopic (exact) mass is 427 g/mol. The van der Waals surface area contributed by atoms with Crippen LogP contribution < -0.4 is 5.32 Å². The van der Waals surface area contributed by atoms with Crippen molar-refractivity contribution in [2.75, 3.05) is 6.54 Å². The standard InChI is InChI=1S/C26H53NO3/c1-3-5-7-9-11-13-15-17-19-24(27-22-21-25(28)23-26(29)30)20-18-16-14-12-10-8-6-4-2/h24-25,27-28H,3-23H2,1-2H3,(H,29,30). The molecule has 4 heteroatoms. The van der Waals surface area contributed by atoms with Crippen LogP contribution in [0.5, 0.6) is 0 Å². The fourth-order valence-electron chi connectivity index (χ4n) is 4.16. The van der Waals surface area contributed by atoms with Crippen molar-refractivity contribution in [3.05, 3.63) is 0 Å². The van der Waals surface area contributed by atoms with Crippen LogP contribution in [-0.2, 0) is 4.79 Å². The SMILES string of the molecule is CCCCCCCCCCC(CCCCCCCCCC)NCCC(O)CC(=O)O. The molecule has 0 aromatic heterocycles. The summed E-state index contributed by atoms with van der Waals surface area (Å²) in [7, 11) is 0. The highest BCUT2D eigenvalue weighted by atomic mass is 16.4. The van der Waals surface area contributed by atoms with Crippen LogP contribution in [0.1, 0.15) is 142 Å². The van der Waals surface area contributed by atoms with E-state index in [0.717, 1.165) is 0 Å². The van der Waals surface area contributed by atoms with Crippen molar-refractivity contribution in [1.82, 2.24) is 5.32 Å². The van der Waals surface area contributed by atoms with E-state index in [1.807, 2.05) is 0 Å². The second-order valence-electron chi connectivity index (χ2n) is 9.22. The number of carboxylic acids is 1. The normalized spacial score (nSPS) is 12.5. The zero-order valence-electron chi connectivity index (χ0n) is 20.3. The predicted octanol–water partition coefficient (Wildman–Crippen LogP) is 7.23. The highest BCUT2D eigenvalue weighted by Gasteiger charge is 2.12. The Hall–Kier alpha value is -0.610. The zero-order valence-corrected chi connectivity index (χ0v) is 20.3. The number of aliphatic carboxylic acids is 1. The molecule has 0 radical (unpaired) electrons. The largest absolute Gasteiger partial charge is 0.481 e. The van der Waals surface area contributed by atoms with Gasteiger partial charge in [0.05, 0.1) is 12.5 Å². The first-order valence-corrected chi connectivity index (χ1v) is 13.2. The van der Waals surface area contributed by atoms with Crippen molar-refractivity contribution in [3.8, 4) is 0 Å². The smallest absolute Gasteiger partial charge is 0.305 e. The van der Waals surface area contributed by atoms with Gasteiger partial charge in [-0.25, -0.2) is 0 Å². The molecule has 0 aromatic rings. The Kier molecular flexibility index (Phi) is 22.6. The molecule has 0 bridgehead atoms. The molecule has 0 heterocycles. The number of nitrogens with one attached hydrogen (secondary N) is 1. The van der Waals surface area contributed by atoms with Crippen molar-refractivity contribution in [2.24, 2.45) is 0 Å². The Labute approximate surface area is 187 Å². The van der Waals surface area contributed by atoms with Crippen molar-refractivity contribution in [3.63, 3.8) is 0 Å². The second-order valence-corrected chi connectivity index (χ2v) is 9.22. The molecule has 0 aliphatic carbocycles. The lowest BCUT2D eigenvalue weighted by atomic mass is 9.99. The molecule has 0 saturated carbocycles. The number of carbonyl (C=O) groups is 1. The summed E-state index contributed by atoms with van der Waals surface area (Å²) in [4.78, 5) is 10.7. The lowest BCUT2D eigenvalue weighted by molar-refractivity contribution is -0.139. The Morgan fingerprint density at radius 3 is 1.47 bits per heavy atom. The fourth-order valence-corrected chi connectivity index (χ4v) is 4.16. The first-order valence-electron chi connectivity index (χ1n) is 13.2. The Balaban J connectivity index is 3.96. The van der Waals surface area contributed by atoms with E-state index in [0.29, 0.717) is 19.0 Å². The molecule has 0 aliphatic rings. The molecule has 4 nitrogen and oxygen atoms in total. The second kappa shape index (κ2) is 23.1. The van der Waals surface area contributed by atoms with E-state index in [2.05, 4.69) is 19.2 Å². The summed E-state index contributed by atoms with van der Waals surface area (Å²) in [6, 6.07) is 0.516. The van der Waals surface area contributed by atoms with Gasteiger partial charge < -0.3 is 15.5 Å². The highest BCUT2D eigenvalue weighted by Crippen LogP contribution is 2.15. The molecule has 0 fully saturated rings. The van der Waals surface area contributed by atoms with Crippen molar-refractivity contribution in [2.45, 2.75) is 154 Å². The first-order chi connectivity index (χ1) is 14.6. The van der Waals surface area contributed by atoms with E-state index in [9.17, 15) is 9.90 Å². The molecule has 1 unspecified atom stereocenters. The predicted molar refractivity (Wildman–Crippen MR) is 129 cm³/mol.